The van der Waals surface area contributed by atoms with Crippen molar-refractivity contribution in [2.45, 2.75) is 32.8 Å². The van der Waals surface area contributed by atoms with Crippen LogP contribution in [0.15, 0.2) is 18.2 Å². The van der Waals surface area contributed by atoms with Crippen molar-refractivity contribution in [3.63, 3.8) is 0 Å². The van der Waals surface area contributed by atoms with Crippen molar-refractivity contribution in [2.75, 3.05) is 12.3 Å². The maximum absolute atomic E-state index is 12.1. The van der Waals surface area contributed by atoms with Gasteiger partial charge in [0.25, 0.3) is 0 Å². The van der Waals surface area contributed by atoms with E-state index in [1.54, 1.807) is 39.0 Å². The smallest absolute Gasteiger partial charge is 0.338 e. The average molecular weight is 399 g/mol. The van der Waals surface area contributed by atoms with Gasteiger partial charge in [-0.3, -0.25) is 4.79 Å². The first-order chi connectivity index (χ1) is 11.9. The number of thiazole rings is 1. The topological polar surface area (TPSA) is 128 Å². The monoisotopic (exact) mass is 399 g/mol. The summed E-state index contributed by atoms with van der Waals surface area (Å²) in [4.78, 5) is 28.3. The van der Waals surface area contributed by atoms with Crippen LogP contribution >= 0.6 is 11.3 Å². The number of nitrogens with zero attached hydrogens (tertiary/aromatic N) is 1. The lowest BCUT2D eigenvalue weighted by atomic mass is 10.1. The normalized spacial score (nSPS) is 12.2. The Morgan fingerprint density at radius 1 is 1.31 bits per heavy atom. The standard InChI is InChI=1S/C16H21N3O5S2/c1-16(2,3)24-15(21)10-4-5-11-12(8-10)25-14(19-11)9-13(20)18-6-7-26(17,22)23/h4-5,8H,6-7,9H2,1-3H3,(H,18,20)(H2,17,22,23). The van der Waals surface area contributed by atoms with E-state index in [-0.39, 0.29) is 24.6 Å². The van der Waals surface area contributed by atoms with Crippen molar-refractivity contribution in [3.05, 3.63) is 28.8 Å². The van der Waals surface area contributed by atoms with Gasteiger partial charge in [-0.1, -0.05) is 0 Å². The van der Waals surface area contributed by atoms with Gasteiger partial charge in [-0.05, 0) is 39.0 Å². The van der Waals surface area contributed by atoms with Crippen molar-refractivity contribution in [2.24, 2.45) is 5.14 Å². The van der Waals surface area contributed by atoms with Crippen LogP contribution in [-0.4, -0.2) is 43.2 Å². The quantitative estimate of drug-likeness (QED) is 0.702. The highest BCUT2D eigenvalue weighted by molar-refractivity contribution is 7.89. The van der Waals surface area contributed by atoms with Gasteiger partial charge >= 0.3 is 5.97 Å². The number of amides is 1. The summed E-state index contributed by atoms with van der Waals surface area (Å²) in [5.41, 5.74) is 0.509. The first kappa shape index (κ1) is 20.3. The first-order valence-electron chi connectivity index (χ1n) is 7.83. The summed E-state index contributed by atoms with van der Waals surface area (Å²) in [6.45, 7) is 5.33. The summed E-state index contributed by atoms with van der Waals surface area (Å²) >= 11 is 1.29. The molecule has 1 aromatic carbocycles. The number of primary sulfonamides is 1. The molecule has 0 aliphatic heterocycles. The third-order valence-electron chi connectivity index (χ3n) is 3.09. The highest BCUT2D eigenvalue weighted by atomic mass is 32.2. The molecule has 1 heterocycles. The van der Waals surface area contributed by atoms with Crippen molar-refractivity contribution in [1.82, 2.24) is 10.3 Å². The van der Waals surface area contributed by atoms with Gasteiger partial charge in [0.05, 0.1) is 28.0 Å². The summed E-state index contributed by atoms with van der Waals surface area (Å²) in [6, 6.07) is 5.02. The molecule has 8 nitrogen and oxygen atoms in total. The number of fused-ring (bicyclic) bond motifs is 1. The largest absolute Gasteiger partial charge is 0.456 e. The molecular weight excluding hydrogens is 378 g/mol. The van der Waals surface area contributed by atoms with E-state index in [0.717, 1.165) is 4.70 Å². The van der Waals surface area contributed by atoms with Gasteiger partial charge < -0.3 is 10.1 Å². The molecule has 142 valence electrons. The molecule has 0 aliphatic rings. The summed E-state index contributed by atoms with van der Waals surface area (Å²) in [7, 11) is -3.61. The Balaban J connectivity index is 2.04. The van der Waals surface area contributed by atoms with E-state index in [4.69, 9.17) is 9.88 Å². The number of benzene rings is 1. The summed E-state index contributed by atoms with van der Waals surface area (Å²) in [5, 5.41) is 7.92. The minimum Gasteiger partial charge on any atom is -0.456 e. The zero-order chi connectivity index (χ0) is 19.5. The number of carbonyl (C=O) groups is 2. The van der Waals surface area contributed by atoms with Crippen LogP contribution in [-0.2, 0) is 26.0 Å². The lowest BCUT2D eigenvalue weighted by molar-refractivity contribution is -0.120. The van der Waals surface area contributed by atoms with Crippen LogP contribution in [0.2, 0.25) is 0 Å². The molecule has 0 radical (unpaired) electrons. The van der Waals surface area contributed by atoms with Gasteiger partial charge in [-0.15, -0.1) is 11.3 Å². The maximum atomic E-state index is 12.1. The maximum Gasteiger partial charge on any atom is 0.338 e. The lowest BCUT2D eigenvalue weighted by Gasteiger charge is -2.19. The molecule has 1 aromatic heterocycles. The number of carbonyl (C=O) groups excluding carboxylic acids is 2. The molecular formula is C16H21N3O5S2. The Labute approximate surface area is 155 Å². The second-order valence-corrected chi connectivity index (χ2v) is 9.53. The van der Waals surface area contributed by atoms with Crippen molar-refractivity contribution >= 4 is 43.5 Å². The molecule has 0 atom stereocenters. The Hall–Kier alpha value is -2.04. The number of nitrogens with one attached hydrogen (secondary N) is 1. The molecule has 0 unspecified atom stereocenters. The Morgan fingerprint density at radius 3 is 2.62 bits per heavy atom. The number of hydrogen-bond acceptors (Lipinski definition) is 7. The third kappa shape index (κ3) is 6.36. The Kier molecular flexibility index (Phi) is 5.99. The van der Waals surface area contributed by atoms with E-state index < -0.39 is 21.6 Å². The van der Waals surface area contributed by atoms with Crippen LogP contribution in [0.3, 0.4) is 0 Å². The molecule has 10 heteroatoms. The van der Waals surface area contributed by atoms with Gasteiger partial charge in [0, 0.05) is 6.54 Å². The predicted octanol–water partition coefficient (Wildman–Crippen LogP) is 1.20. The van der Waals surface area contributed by atoms with Gasteiger partial charge in [0.1, 0.15) is 10.6 Å². The number of rotatable bonds is 6. The van der Waals surface area contributed by atoms with Crippen LogP contribution in [0.25, 0.3) is 10.2 Å². The zero-order valence-corrected chi connectivity index (χ0v) is 16.4. The highest BCUT2D eigenvalue weighted by Crippen LogP contribution is 2.24. The molecule has 2 aromatic rings. The highest BCUT2D eigenvalue weighted by Gasteiger charge is 2.19. The van der Waals surface area contributed by atoms with E-state index in [1.807, 2.05) is 0 Å². The molecule has 3 N–H and O–H groups in total. The minimum atomic E-state index is -3.61. The molecule has 0 saturated carbocycles. The molecule has 26 heavy (non-hydrogen) atoms. The molecule has 0 saturated heterocycles. The Morgan fingerprint density at radius 2 is 2.00 bits per heavy atom. The fourth-order valence-corrected chi connectivity index (χ4v) is 3.44. The Bertz CT molecular complexity index is 929. The van der Waals surface area contributed by atoms with Gasteiger partial charge in [0.15, 0.2) is 0 Å². The van der Waals surface area contributed by atoms with E-state index >= 15 is 0 Å². The van der Waals surface area contributed by atoms with Crippen LogP contribution in [0, 0.1) is 0 Å². The van der Waals surface area contributed by atoms with Crippen LogP contribution < -0.4 is 10.5 Å². The van der Waals surface area contributed by atoms with Gasteiger partial charge in [-0.25, -0.2) is 23.3 Å². The van der Waals surface area contributed by atoms with Crippen molar-refractivity contribution in [3.8, 4) is 0 Å². The van der Waals surface area contributed by atoms with E-state index in [0.29, 0.717) is 16.1 Å². The van der Waals surface area contributed by atoms with Crippen molar-refractivity contribution < 1.29 is 22.7 Å². The number of esters is 1. The van der Waals surface area contributed by atoms with E-state index in [9.17, 15) is 18.0 Å². The van der Waals surface area contributed by atoms with E-state index in [2.05, 4.69) is 10.3 Å². The number of sulfonamides is 1. The van der Waals surface area contributed by atoms with Gasteiger partial charge in [0.2, 0.25) is 15.9 Å². The number of ether oxygens (including phenoxy) is 1. The number of aromatic nitrogens is 1. The predicted molar refractivity (Wildman–Crippen MR) is 99.5 cm³/mol. The first-order valence-corrected chi connectivity index (χ1v) is 10.4. The molecule has 0 fully saturated rings. The molecule has 2 rings (SSSR count). The summed E-state index contributed by atoms with van der Waals surface area (Å²) < 4.78 is 27.8. The fraction of sp³-hybridized carbons (Fsp3) is 0.438. The number of nitrogens with two attached hydrogens (primary N) is 1. The van der Waals surface area contributed by atoms with Crippen LogP contribution in [0.1, 0.15) is 36.1 Å². The van der Waals surface area contributed by atoms with Crippen LogP contribution in [0.4, 0.5) is 0 Å². The van der Waals surface area contributed by atoms with Crippen LogP contribution in [0.5, 0.6) is 0 Å². The average Bonchev–Trinajstić information content (AvgIpc) is 2.84. The zero-order valence-electron chi connectivity index (χ0n) is 14.7. The molecule has 0 spiro atoms. The second kappa shape index (κ2) is 7.68. The molecule has 1 amide bonds. The summed E-state index contributed by atoms with van der Waals surface area (Å²) in [5.74, 6) is -1.09. The SMILES string of the molecule is CC(C)(C)OC(=O)c1ccc2nc(CC(=O)NCCS(N)(=O)=O)sc2c1. The fourth-order valence-electron chi connectivity index (χ4n) is 2.04. The lowest BCUT2D eigenvalue weighted by Crippen LogP contribution is -2.32. The summed E-state index contributed by atoms with van der Waals surface area (Å²) in [6.07, 6.45) is 0.0196. The van der Waals surface area contributed by atoms with Gasteiger partial charge in [-0.2, -0.15) is 0 Å². The minimum absolute atomic E-state index is 0.0196. The molecule has 0 aliphatic carbocycles. The van der Waals surface area contributed by atoms with E-state index in [1.165, 1.54) is 11.3 Å². The van der Waals surface area contributed by atoms with Crippen molar-refractivity contribution in [1.29, 1.82) is 0 Å². The number of hydrogen-bond donors (Lipinski definition) is 2. The second-order valence-electron chi connectivity index (χ2n) is 6.69. The molecule has 0 bridgehead atoms. The third-order valence-corrected chi connectivity index (χ3v) is 4.88.